The molecule has 2 bridgehead atoms. The summed E-state index contributed by atoms with van der Waals surface area (Å²) in [6, 6.07) is 4.78. The Bertz CT molecular complexity index is 620. The molecule has 2 aliphatic rings. The summed E-state index contributed by atoms with van der Waals surface area (Å²) < 4.78 is 5.09. The quantitative estimate of drug-likeness (QED) is 0.801. The number of benzene rings is 1. The van der Waals surface area contributed by atoms with Crippen LogP contribution in [0.3, 0.4) is 0 Å². The molecule has 1 aromatic carbocycles. The maximum atomic E-state index is 11.9. The lowest BCUT2D eigenvalue weighted by atomic mass is 9.86. The minimum atomic E-state index is -0.407. The zero-order valence-corrected chi connectivity index (χ0v) is 14.2. The molecule has 124 valence electrons. The molecule has 0 aromatic heterocycles. The van der Waals surface area contributed by atoms with Crippen LogP contribution in [0.1, 0.15) is 32.1 Å². The van der Waals surface area contributed by atoms with Crippen molar-refractivity contribution in [3.05, 3.63) is 28.2 Å². The molecular formula is C17H19Cl2NO3. The Labute approximate surface area is 145 Å². The molecular weight excluding hydrogens is 337 g/mol. The van der Waals surface area contributed by atoms with E-state index in [0.717, 1.165) is 12.3 Å². The van der Waals surface area contributed by atoms with Gasteiger partial charge in [0.05, 0.1) is 10.7 Å². The molecule has 0 saturated heterocycles. The summed E-state index contributed by atoms with van der Waals surface area (Å²) in [6.07, 6.45) is 5.36. The van der Waals surface area contributed by atoms with Crippen LogP contribution in [0.15, 0.2) is 18.2 Å². The van der Waals surface area contributed by atoms with Gasteiger partial charge in [-0.15, -0.1) is 0 Å². The molecule has 1 amide bonds. The van der Waals surface area contributed by atoms with Gasteiger partial charge in [-0.25, -0.2) is 0 Å². The van der Waals surface area contributed by atoms with Crippen LogP contribution in [0.5, 0.6) is 0 Å². The van der Waals surface area contributed by atoms with E-state index in [1.807, 2.05) is 0 Å². The number of hydrogen-bond acceptors (Lipinski definition) is 3. The normalized spacial score (nSPS) is 25.4. The maximum absolute atomic E-state index is 11.9. The molecule has 2 aliphatic carbocycles. The number of nitrogens with one attached hydrogen (secondary N) is 1. The Morgan fingerprint density at radius 1 is 1.22 bits per heavy atom. The number of anilines is 1. The highest BCUT2D eigenvalue weighted by Crippen LogP contribution is 2.49. The SMILES string of the molecule is O=C(COC(=O)CC1CC2CCC1C2)Nc1ccc(Cl)cc1Cl. The van der Waals surface area contributed by atoms with Crippen LogP contribution in [0.4, 0.5) is 5.69 Å². The number of ether oxygens (including phenoxy) is 1. The van der Waals surface area contributed by atoms with Crippen molar-refractivity contribution in [2.45, 2.75) is 32.1 Å². The van der Waals surface area contributed by atoms with E-state index in [-0.39, 0.29) is 12.6 Å². The highest BCUT2D eigenvalue weighted by atomic mass is 35.5. The first-order valence-electron chi connectivity index (χ1n) is 7.92. The van der Waals surface area contributed by atoms with Gasteiger partial charge in [-0.05, 0) is 55.2 Å². The number of rotatable bonds is 5. The molecule has 0 heterocycles. The molecule has 1 N–H and O–H groups in total. The predicted molar refractivity (Wildman–Crippen MR) is 89.6 cm³/mol. The molecule has 0 aliphatic heterocycles. The number of hydrogen-bond donors (Lipinski definition) is 1. The number of esters is 1. The summed E-state index contributed by atoms with van der Waals surface area (Å²) in [7, 11) is 0. The zero-order chi connectivity index (χ0) is 16.4. The third-order valence-electron chi connectivity index (χ3n) is 4.88. The first-order valence-corrected chi connectivity index (χ1v) is 8.67. The molecule has 3 unspecified atom stereocenters. The zero-order valence-electron chi connectivity index (χ0n) is 12.7. The van der Waals surface area contributed by atoms with Crippen LogP contribution in [-0.4, -0.2) is 18.5 Å². The number of carbonyl (C=O) groups excluding carboxylic acids is 2. The number of halogens is 2. The van der Waals surface area contributed by atoms with Crippen molar-refractivity contribution >= 4 is 40.8 Å². The largest absolute Gasteiger partial charge is 0.456 e. The highest BCUT2D eigenvalue weighted by molar-refractivity contribution is 6.36. The van der Waals surface area contributed by atoms with Crippen LogP contribution >= 0.6 is 23.2 Å². The lowest BCUT2D eigenvalue weighted by molar-refractivity contribution is -0.148. The van der Waals surface area contributed by atoms with Gasteiger partial charge in [0.15, 0.2) is 6.61 Å². The molecule has 1 aromatic rings. The molecule has 2 saturated carbocycles. The standard InChI is InChI=1S/C17H19Cl2NO3/c18-13-3-4-15(14(19)8-13)20-16(21)9-23-17(22)7-12-6-10-1-2-11(12)5-10/h3-4,8,10-12H,1-2,5-7,9H2,(H,20,21). The monoisotopic (exact) mass is 355 g/mol. The van der Waals surface area contributed by atoms with Crippen LogP contribution in [0, 0.1) is 17.8 Å². The average molecular weight is 356 g/mol. The smallest absolute Gasteiger partial charge is 0.306 e. The molecule has 0 radical (unpaired) electrons. The third kappa shape index (κ3) is 4.18. The van der Waals surface area contributed by atoms with Gasteiger partial charge in [0, 0.05) is 11.4 Å². The number of fused-ring (bicyclic) bond motifs is 2. The van der Waals surface area contributed by atoms with Gasteiger partial charge >= 0.3 is 5.97 Å². The fourth-order valence-corrected chi connectivity index (χ4v) is 4.28. The average Bonchev–Trinajstić information content (AvgIpc) is 3.11. The molecule has 0 spiro atoms. The first-order chi connectivity index (χ1) is 11.0. The minimum absolute atomic E-state index is 0.292. The lowest BCUT2D eigenvalue weighted by Crippen LogP contribution is -2.23. The first kappa shape index (κ1) is 16.6. The highest BCUT2D eigenvalue weighted by Gasteiger charge is 2.40. The summed E-state index contributed by atoms with van der Waals surface area (Å²) in [5.41, 5.74) is 0.449. The summed E-state index contributed by atoms with van der Waals surface area (Å²) in [6.45, 7) is -0.293. The van der Waals surface area contributed by atoms with Crippen molar-refractivity contribution in [1.82, 2.24) is 0 Å². The van der Waals surface area contributed by atoms with Crippen molar-refractivity contribution in [3.8, 4) is 0 Å². The molecule has 3 atom stereocenters. The molecule has 2 fully saturated rings. The van der Waals surface area contributed by atoms with Crippen molar-refractivity contribution in [2.75, 3.05) is 11.9 Å². The molecule has 23 heavy (non-hydrogen) atoms. The summed E-state index contributed by atoms with van der Waals surface area (Å²) in [5.74, 6) is 1.22. The molecule has 3 rings (SSSR count). The van der Waals surface area contributed by atoms with Gasteiger partial charge in [0.25, 0.3) is 5.91 Å². The lowest BCUT2D eigenvalue weighted by Gasteiger charge is -2.20. The fourth-order valence-electron chi connectivity index (χ4n) is 3.82. The Morgan fingerprint density at radius 3 is 2.70 bits per heavy atom. The second-order valence-electron chi connectivity index (χ2n) is 6.47. The second kappa shape index (κ2) is 7.10. The summed E-state index contributed by atoms with van der Waals surface area (Å²) in [5, 5.41) is 3.44. The van der Waals surface area contributed by atoms with Gasteiger partial charge in [0.2, 0.25) is 0 Å². The van der Waals surface area contributed by atoms with E-state index < -0.39 is 5.91 Å². The van der Waals surface area contributed by atoms with E-state index in [9.17, 15) is 9.59 Å². The molecule has 4 nitrogen and oxygen atoms in total. The van der Waals surface area contributed by atoms with Crippen molar-refractivity contribution in [2.24, 2.45) is 17.8 Å². The van der Waals surface area contributed by atoms with Crippen LogP contribution in [0.2, 0.25) is 10.0 Å². The van der Waals surface area contributed by atoms with Crippen LogP contribution < -0.4 is 5.32 Å². The van der Waals surface area contributed by atoms with Gasteiger partial charge in [0.1, 0.15) is 0 Å². The van der Waals surface area contributed by atoms with E-state index in [1.54, 1.807) is 18.2 Å². The van der Waals surface area contributed by atoms with E-state index in [0.29, 0.717) is 34.0 Å². The van der Waals surface area contributed by atoms with Gasteiger partial charge in [-0.2, -0.15) is 0 Å². The summed E-state index contributed by atoms with van der Waals surface area (Å²) >= 11 is 11.8. The number of carbonyl (C=O) groups is 2. The number of amides is 1. The molecule has 6 heteroatoms. The second-order valence-corrected chi connectivity index (χ2v) is 7.32. The van der Waals surface area contributed by atoms with Crippen LogP contribution in [-0.2, 0) is 14.3 Å². The minimum Gasteiger partial charge on any atom is -0.456 e. The van der Waals surface area contributed by atoms with E-state index in [1.165, 1.54) is 19.3 Å². The topological polar surface area (TPSA) is 55.4 Å². The van der Waals surface area contributed by atoms with Crippen molar-refractivity contribution < 1.29 is 14.3 Å². The fraction of sp³-hybridized carbons (Fsp3) is 0.529. The Kier molecular flexibility index (Phi) is 5.12. The predicted octanol–water partition coefficient (Wildman–Crippen LogP) is 4.30. The maximum Gasteiger partial charge on any atom is 0.306 e. The van der Waals surface area contributed by atoms with Gasteiger partial charge in [-0.3, -0.25) is 9.59 Å². The van der Waals surface area contributed by atoms with E-state index >= 15 is 0 Å². The van der Waals surface area contributed by atoms with Gasteiger partial charge in [-0.1, -0.05) is 29.6 Å². The Hall–Kier alpha value is -1.26. The summed E-state index contributed by atoms with van der Waals surface area (Å²) in [4.78, 5) is 23.7. The van der Waals surface area contributed by atoms with E-state index in [4.69, 9.17) is 27.9 Å². The Balaban J connectivity index is 1.42. The van der Waals surface area contributed by atoms with Crippen molar-refractivity contribution in [3.63, 3.8) is 0 Å². The van der Waals surface area contributed by atoms with Crippen LogP contribution in [0.25, 0.3) is 0 Å². The van der Waals surface area contributed by atoms with Gasteiger partial charge < -0.3 is 10.1 Å². The van der Waals surface area contributed by atoms with Crippen molar-refractivity contribution in [1.29, 1.82) is 0 Å². The Morgan fingerprint density at radius 2 is 2.04 bits per heavy atom. The van der Waals surface area contributed by atoms with E-state index in [2.05, 4.69) is 5.32 Å². The third-order valence-corrected chi connectivity index (χ3v) is 5.43.